The van der Waals surface area contributed by atoms with Crippen LogP contribution in [0.5, 0.6) is 0 Å². The minimum absolute atomic E-state index is 0.165. The Labute approximate surface area is 143 Å². The first kappa shape index (κ1) is 14.7. The Morgan fingerprint density at radius 2 is 2.00 bits per heavy atom. The van der Waals surface area contributed by atoms with Crippen molar-refractivity contribution in [2.24, 2.45) is 0 Å². The molecule has 1 fully saturated rings. The molecule has 3 aromatic rings. The van der Waals surface area contributed by atoms with Crippen molar-refractivity contribution in [1.29, 1.82) is 0 Å². The van der Waals surface area contributed by atoms with Gasteiger partial charge in [-0.1, -0.05) is 6.07 Å². The summed E-state index contributed by atoms with van der Waals surface area (Å²) in [4.78, 5) is 22.2. The standard InChI is InChI=1S/C17H17N3OS2/c21-17(15-3-1-11-22-15)20-8-2-7-19(9-10-20)14-4-6-18-13-5-12-23-16(13)14/h1,3-6,11-12H,2,7-10H2. The zero-order valence-electron chi connectivity index (χ0n) is 12.6. The topological polar surface area (TPSA) is 36.4 Å². The highest BCUT2D eigenvalue weighted by atomic mass is 32.1. The van der Waals surface area contributed by atoms with Crippen LogP contribution in [0.1, 0.15) is 16.1 Å². The van der Waals surface area contributed by atoms with Gasteiger partial charge in [-0.25, -0.2) is 0 Å². The van der Waals surface area contributed by atoms with Crippen LogP contribution in [0.15, 0.2) is 41.2 Å². The quantitative estimate of drug-likeness (QED) is 0.712. The molecule has 0 radical (unpaired) electrons. The van der Waals surface area contributed by atoms with E-state index in [2.05, 4.69) is 27.4 Å². The van der Waals surface area contributed by atoms with E-state index in [0.29, 0.717) is 0 Å². The maximum absolute atomic E-state index is 12.5. The highest BCUT2D eigenvalue weighted by Crippen LogP contribution is 2.30. The van der Waals surface area contributed by atoms with Crippen LogP contribution in [-0.2, 0) is 0 Å². The van der Waals surface area contributed by atoms with E-state index in [0.717, 1.165) is 43.0 Å². The Bertz CT molecular complexity index is 812. The lowest BCUT2D eigenvalue weighted by Crippen LogP contribution is -2.34. The number of carbonyl (C=O) groups is 1. The summed E-state index contributed by atoms with van der Waals surface area (Å²) in [6.07, 6.45) is 2.87. The van der Waals surface area contributed by atoms with Gasteiger partial charge >= 0.3 is 0 Å². The molecule has 4 nitrogen and oxygen atoms in total. The van der Waals surface area contributed by atoms with Gasteiger partial charge in [-0.3, -0.25) is 9.78 Å². The second-order valence-corrected chi connectivity index (χ2v) is 7.44. The molecular weight excluding hydrogens is 326 g/mol. The van der Waals surface area contributed by atoms with Gasteiger partial charge in [0.25, 0.3) is 5.91 Å². The van der Waals surface area contributed by atoms with Gasteiger partial charge in [-0.05, 0) is 35.4 Å². The fraction of sp³-hybridized carbons (Fsp3) is 0.294. The number of fused-ring (bicyclic) bond motifs is 1. The van der Waals surface area contributed by atoms with Gasteiger partial charge in [0.15, 0.2) is 0 Å². The second-order valence-electron chi connectivity index (χ2n) is 5.58. The van der Waals surface area contributed by atoms with Gasteiger partial charge in [0, 0.05) is 32.4 Å². The van der Waals surface area contributed by atoms with Crippen LogP contribution >= 0.6 is 22.7 Å². The number of aromatic nitrogens is 1. The summed E-state index contributed by atoms with van der Waals surface area (Å²) in [6, 6.07) is 8.00. The third-order valence-corrected chi connectivity index (χ3v) is 5.96. The summed E-state index contributed by atoms with van der Waals surface area (Å²) in [5, 5.41) is 4.05. The molecule has 23 heavy (non-hydrogen) atoms. The maximum Gasteiger partial charge on any atom is 0.263 e. The molecule has 0 aliphatic carbocycles. The van der Waals surface area contributed by atoms with E-state index >= 15 is 0 Å². The number of pyridine rings is 1. The molecule has 4 rings (SSSR count). The third kappa shape index (κ3) is 2.84. The van der Waals surface area contributed by atoms with Crippen molar-refractivity contribution < 1.29 is 4.79 Å². The minimum Gasteiger partial charge on any atom is -0.368 e. The number of rotatable bonds is 2. The van der Waals surface area contributed by atoms with Gasteiger partial charge in [-0.2, -0.15) is 0 Å². The molecule has 0 N–H and O–H groups in total. The SMILES string of the molecule is O=C(c1cccs1)N1CCCN(c2ccnc3ccsc23)CC1. The molecule has 1 aliphatic rings. The van der Waals surface area contributed by atoms with Crippen LogP contribution in [0.2, 0.25) is 0 Å². The molecule has 0 aromatic carbocycles. The molecule has 6 heteroatoms. The van der Waals surface area contributed by atoms with Crippen molar-refractivity contribution in [2.45, 2.75) is 6.42 Å². The molecule has 118 valence electrons. The number of thiophene rings is 2. The number of amides is 1. The summed E-state index contributed by atoms with van der Waals surface area (Å²) in [7, 11) is 0. The molecule has 1 aliphatic heterocycles. The molecule has 0 spiro atoms. The maximum atomic E-state index is 12.5. The summed E-state index contributed by atoms with van der Waals surface area (Å²) in [5.41, 5.74) is 2.30. The zero-order valence-corrected chi connectivity index (χ0v) is 14.3. The molecule has 0 atom stereocenters. The van der Waals surface area contributed by atoms with Crippen LogP contribution in [0.25, 0.3) is 10.2 Å². The van der Waals surface area contributed by atoms with E-state index in [1.165, 1.54) is 21.7 Å². The molecule has 0 unspecified atom stereocenters. The number of carbonyl (C=O) groups excluding carboxylic acids is 1. The first-order valence-corrected chi connectivity index (χ1v) is 9.49. The molecule has 1 amide bonds. The molecule has 4 heterocycles. The van der Waals surface area contributed by atoms with Crippen LogP contribution < -0.4 is 4.90 Å². The Hall–Kier alpha value is -1.92. The van der Waals surface area contributed by atoms with Crippen LogP contribution in [0.3, 0.4) is 0 Å². The Balaban J connectivity index is 1.53. The predicted octanol–water partition coefficient (Wildman–Crippen LogP) is 3.71. The monoisotopic (exact) mass is 343 g/mol. The summed E-state index contributed by atoms with van der Waals surface area (Å²) in [6.45, 7) is 3.44. The van der Waals surface area contributed by atoms with Crippen molar-refractivity contribution in [2.75, 3.05) is 31.1 Å². The summed E-state index contributed by atoms with van der Waals surface area (Å²) < 4.78 is 1.24. The number of hydrogen-bond acceptors (Lipinski definition) is 5. The van der Waals surface area contributed by atoms with Gasteiger partial charge in [0.1, 0.15) is 0 Å². The van der Waals surface area contributed by atoms with Gasteiger partial charge in [0.05, 0.1) is 20.8 Å². The fourth-order valence-corrected chi connectivity index (χ4v) is 4.61. The summed E-state index contributed by atoms with van der Waals surface area (Å²) >= 11 is 3.26. The molecular formula is C17H17N3OS2. The third-order valence-electron chi connectivity index (χ3n) is 4.18. The van der Waals surface area contributed by atoms with Crippen LogP contribution in [0, 0.1) is 0 Å². The Morgan fingerprint density at radius 3 is 2.87 bits per heavy atom. The average molecular weight is 343 g/mol. The first-order chi connectivity index (χ1) is 11.3. The van der Waals surface area contributed by atoms with E-state index in [1.807, 2.05) is 28.6 Å². The van der Waals surface area contributed by atoms with Crippen molar-refractivity contribution in [1.82, 2.24) is 9.88 Å². The number of anilines is 1. The average Bonchev–Trinajstić information content (AvgIpc) is 3.21. The van der Waals surface area contributed by atoms with E-state index in [4.69, 9.17) is 0 Å². The Kier molecular flexibility index (Phi) is 4.01. The molecule has 1 saturated heterocycles. The lowest BCUT2D eigenvalue weighted by atomic mass is 10.3. The smallest absolute Gasteiger partial charge is 0.263 e. The molecule has 0 bridgehead atoms. The van der Waals surface area contributed by atoms with Crippen LogP contribution in [-0.4, -0.2) is 42.0 Å². The summed E-state index contributed by atoms with van der Waals surface area (Å²) in [5.74, 6) is 0.165. The Morgan fingerprint density at radius 1 is 1.04 bits per heavy atom. The predicted molar refractivity (Wildman–Crippen MR) is 96.7 cm³/mol. The zero-order chi connectivity index (χ0) is 15.6. The van der Waals surface area contributed by atoms with E-state index < -0.39 is 0 Å². The fourth-order valence-electron chi connectivity index (χ4n) is 3.03. The van der Waals surface area contributed by atoms with E-state index in [-0.39, 0.29) is 5.91 Å². The van der Waals surface area contributed by atoms with E-state index in [1.54, 1.807) is 11.3 Å². The highest BCUT2D eigenvalue weighted by Gasteiger charge is 2.22. The normalized spacial score (nSPS) is 15.8. The van der Waals surface area contributed by atoms with Crippen molar-refractivity contribution in [3.8, 4) is 0 Å². The molecule has 3 aromatic heterocycles. The highest BCUT2D eigenvalue weighted by molar-refractivity contribution is 7.17. The first-order valence-electron chi connectivity index (χ1n) is 7.73. The van der Waals surface area contributed by atoms with Gasteiger partial charge in [0.2, 0.25) is 0 Å². The van der Waals surface area contributed by atoms with Crippen molar-refractivity contribution >= 4 is 44.5 Å². The number of nitrogens with zero attached hydrogens (tertiary/aromatic N) is 3. The van der Waals surface area contributed by atoms with E-state index in [9.17, 15) is 4.79 Å². The number of hydrogen-bond donors (Lipinski definition) is 0. The van der Waals surface area contributed by atoms with Crippen LogP contribution in [0.4, 0.5) is 5.69 Å². The minimum atomic E-state index is 0.165. The van der Waals surface area contributed by atoms with Gasteiger partial charge in [-0.15, -0.1) is 22.7 Å². The van der Waals surface area contributed by atoms with Crippen molar-refractivity contribution in [3.05, 3.63) is 46.1 Å². The second kappa shape index (κ2) is 6.29. The largest absolute Gasteiger partial charge is 0.368 e. The van der Waals surface area contributed by atoms with Gasteiger partial charge < -0.3 is 9.80 Å². The van der Waals surface area contributed by atoms with Crippen molar-refractivity contribution in [3.63, 3.8) is 0 Å². The lowest BCUT2D eigenvalue weighted by Gasteiger charge is -2.24. The molecule has 0 saturated carbocycles. The lowest BCUT2D eigenvalue weighted by molar-refractivity contribution is 0.0772.